The van der Waals surface area contributed by atoms with Crippen LogP contribution in [0.3, 0.4) is 0 Å². The van der Waals surface area contributed by atoms with Crippen LogP contribution in [0, 0.1) is 19.3 Å². The molecule has 164 valence electrons. The Hall–Kier alpha value is -2.19. The molecular weight excluding hydrogens is 421 g/mol. The van der Waals surface area contributed by atoms with Gasteiger partial charge in [-0.25, -0.2) is 9.97 Å². The Kier molecular flexibility index (Phi) is 4.97. The van der Waals surface area contributed by atoms with Crippen molar-refractivity contribution in [1.82, 2.24) is 14.9 Å². The van der Waals surface area contributed by atoms with Crippen molar-refractivity contribution >= 4 is 27.4 Å². The molecule has 1 aromatic carbocycles. The molecule has 2 aliphatic heterocycles. The van der Waals surface area contributed by atoms with Gasteiger partial charge in [0.15, 0.2) is 0 Å². The number of hydrogen-bond acceptors (Lipinski definition) is 5. The van der Waals surface area contributed by atoms with Crippen molar-refractivity contribution in [2.24, 2.45) is 5.41 Å². The first-order valence-corrected chi connectivity index (χ1v) is 11.4. The van der Waals surface area contributed by atoms with Gasteiger partial charge < -0.3 is 4.90 Å². The standard InChI is InChI=1S/C23H25F3N4S/c1-15-3-4-17(16(2)7-15)10-29-11-22(12-29)5-6-30(13-22)20-19-8-18(9-23(24,25)26)31-21(19)28-14-27-20/h3-4,7-8,14H,5-6,9-13H2,1-2H3. The zero-order valence-corrected chi connectivity index (χ0v) is 18.5. The molecule has 1 spiro atoms. The second-order valence-electron chi connectivity index (χ2n) is 9.17. The summed E-state index contributed by atoms with van der Waals surface area (Å²) in [6.45, 7) is 9.13. The molecule has 2 saturated heterocycles. The first kappa shape index (κ1) is 20.7. The average molecular weight is 447 g/mol. The molecule has 2 fully saturated rings. The molecule has 0 atom stereocenters. The Morgan fingerprint density at radius 3 is 2.65 bits per heavy atom. The van der Waals surface area contributed by atoms with Crippen LogP contribution in [0.4, 0.5) is 19.0 Å². The first-order chi connectivity index (χ1) is 14.7. The third kappa shape index (κ3) is 4.15. The molecule has 4 heterocycles. The van der Waals surface area contributed by atoms with Crippen molar-refractivity contribution in [3.05, 3.63) is 52.2 Å². The van der Waals surface area contributed by atoms with Gasteiger partial charge in [-0.2, -0.15) is 13.2 Å². The van der Waals surface area contributed by atoms with E-state index < -0.39 is 12.6 Å². The highest BCUT2D eigenvalue weighted by atomic mass is 32.1. The third-order valence-electron chi connectivity index (χ3n) is 6.48. The summed E-state index contributed by atoms with van der Waals surface area (Å²) in [6, 6.07) is 8.25. The largest absolute Gasteiger partial charge is 0.393 e. The van der Waals surface area contributed by atoms with Gasteiger partial charge in [0.1, 0.15) is 17.0 Å². The van der Waals surface area contributed by atoms with Crippen molar-refractivity contribution in [2.75, 3.05) is 31.1 Å². The van der Waals surface area contributed by atoms with Gasteiger partial charge in [-0.15, -0.1) is 11.3 Å². The number of thiophene rings is 1. The number of aromatic nitrogens is 2. The number of hydrogen-bond donors (Lipinski definition) is 0. The van der Waals surface area contributed by atoms with E-state index in [9.17, 15) is 13.2 Å². The highest BCUT2D eigenvalue weighted by molar-refractivity contribution is 7.18. The predicted octanol–water partition coefficient (Wildman–Crippen LogP) is 5.13. The second kappa shape index (κ2) is 7.45. The Balaban J connectivity index is 1.27. The molecule has 0 unspecified atom stereocenters. The van der Waals surface area contributed by atoms with E-state index in [4.69, 9.17) is 0 Å². The highest BCUT2D eigenvalue weighted by Crippen LogP contribution is 2.43. The molecule has 8 heteroatoms. The number of halogens is 3. The normalized spacial score (nSPS) is 18.8. The van der Waals surface area contributed by atoms with E-state index >= 15 is 0 Å². The summed E-state index contributed by atoms with van der Waals surface area (Å²) in [7, 11) is 0. The van der Waals surface area contributed by atoms with Crippen LogP contribution in [-0.4, -0.2) is 47.2 Å². The highest BCUT2D eigenvalue weighted by Gasteiger charge is 2.48. The average Bonchev–Trinajstić information content (AvgIpc) is 3.25. The molecule has 3 aromatic rings. The fraction of sp³-hybridized carbons (Fsp3) is 0.478. The summed E-state index contributed by atoms with van der Waals surface area (Å²) < 4.78 is 38.5. The van der Waals surface area contributed by atoms with Gasteiger partial charge >= 0.3 is 6.18 Å². The lowest BCUT2D eigenvalue weighted by Crippen LogP contribution is -2.56. The smallest absolute Gasteiger partial charge is 0.355 e. The van der Waals surface area contributed by atoms with Crippen LogP contribution in [0.1, 0.15) is 28.0 Å². The number of nitrogens with zero attached hydrogens (tertiary/aromatic N) is 4. The molecule has 0 radical (unpaired) electrons. The van der Waals surface area contributed by atoms with Crippen LogP contribution < -0.4 is 4.90 Å². The van der Waals surface area contributed by atoms with Crippen LogP contribution >= 0.6 is 11.3 Å². The Morgan fingerprint density at radius 1 is 1.10 bits per heavy atom. The molecule has 31 heavy (non-hydrogen) atoms. The molecular formula is C23H25F3N4S. The maximum Gasteiger partial charge on any atom is 0.393 e. The SMILES string of the molecule is Cc1ccc(CN2CC3(CCN(c4ncnc5sc(CC(F)(F)F)cc45)C3)C2)c(C)c1. The summed E-state index contributed by atoms with van der Waals surface area (Å²) >= 11 is 1.11. The molecule has 2 aromatic heterocycles. The predicted molar refractivity (Wildman–Crippen MR) is 118 cm³/mol. The topological polar surface area (TPSA) is 32.3 Å². The summed E-state index contributed by atoms with van der Waals surface area (Å²) in [5.41, 5.74) is 4.25. The summed E-state index contributed by atoms with van der Waals surface area (Å²) in [4.78, 5) is 14.3. The summed E-state index contributed by atoms with van der Waals surface area (Å²) in [5.74, 6) is 0.777. The van der Waals surface area contributed by atoms with Gasteiger partial charge in [-0.05, 0) is 37.5 Å². The quantitative estimate of drug-likeness (QED) is 0.557. The van der Waals surface area contributed by atoms with E-state index in [1.807, 2.05) is 0 Å². The van der Waals surface area contributed by atoms with Crippen molar-refractivity contribution < 1.29 is 13.2 Å². The number of alkyl halides is 3. The van der Waals surface area contributed by atoms with Gasteiger partial charge in [-0.1, -0.05) is 23.8 Å². The van der Waals surface area contributed by atoms with E-state index in [0.717, 1.165) is 61.7 Å². The molecule has 0 saturated carbocycles. The van der Waals surface area contributed by atoms with Crippen molar-refractivity contribution in [3.8, 4) is 0 Å². The zero-order chi connectivity index (χ0) is 21.8. The molecule has 0 aliphatic carbocycles. The van der Waals surface area contributed by atoms with Gasteiger partial charge in [-0.3, -0.25) is 4.90 Å². The fourth-order valence-electron chi connectivity index (χ4n) is 5.08. The number of rotatable bonds is 4. The Bertz CT molecular complexity index is 1120. The monoisotopic (exact) mass is 446 g/mol. The molecule has 0 amide bonds. The van der Waals surface area contributed by atoms with Crippen LogP contribution in [-0.2, 0) is 13.0 Å². The van der Waals surface area contributed by atoms with Crippen molar-refractivity contribution in [3.63, 3.8) is 0 Å². The van der Waals surface area contributed by atoms with E-state index in [-0.39, 0.29) is 5.41 Å². The molecule has 0 N–H and O–H groups in total. The lowest BCUT2D eigenvalue weighted by molar-refractivity contribution is -0.126. The third-order valence-corrected chi connectivity index (χ3v) is 7.53. The van der Waals surface area contributed by atoms with E-state index in [1.165, 1.54) is 23.0 Å². The first-order valence-electron chi connectivity index (χ1n) is 10.5. The lowest BCUT2D eigenvalue weighted by Gasteiger charge is -2.48. The maximum absolute atomic E-state index is 12.8. The van der Waals surface area contributed by atoms with E-state index in [1.54, 1.807) is 6.07 Å². The summed E-state index contributed by atoms with van der Waals surface area (Å²) in [6.07, 6.45) is -2.56. The molecule has 4 nitrogen and oxygen atoms in total. The number of benzene rings is 1. The van der Waals surface area contributed by atoms with Gasteiger partial charge in [0.25, 0.3) is 0 Å². The van der Waals surface area contributed by atoms with Gasteiger partial charge in [0.2, 0.25) is 0 Å². The number of likely N-dealkylation sites (tertiary alicyclic amines) is 1. The lowest BCUT2D eigenvalue weighted by atomic mass is 9.78. The van der Waals surface area contributed by atoms with E-state index in [0.29, 0.717) is 9.71 Å². The second-order valence-corrected chi connectivity index (χ2v) is 10.3. The molecule has 0 bridgehead atoms. The minimum Gasteiger partial charge on any atom is -0.355 e. The van der Waals surface area contributed by atoms with Crippen LogP contribution in [0.15, 0.2) is 30.6 Å². The Morgan fingerprint density at radius 2 is 1.90 bits per heavy atom. The maximum atomic E-state index is 12.8. The van der Waals surface area contributed by atoms with Crippen molar-refractivity contribution in [2.45, 2.75) is 39.4 Å². The molecule has 2 aliphatic rings. The van der Waals surface area contributed by atoms with Gasteiger partial charge in [0.05, 0.1) is 11.8 Å². The fourth-order valence-corrected chi connectivity index (χ4v) is 6.10. The number of aryl methyl sites for hydroxylation is 2. The minimum absolute atomic E-state index is 0.251. The summed E-state index contributed by atoms with van der Waals surface area (Å²) in [5, 5.41) is 0.746. The van der Waals surface area contributed by atoms with Crippen LogP contribution in [0.5, 0.6) is 0 Å². The van der Waals surface area contributed by atoms with E-state index in [2.05, 4.69) is 51.8 Å². The van der Waals surface area contributed by atoms with Crippen molar-refractivity contribution in [1.29, 1.82) is 0 Å². The van der Waals surface area contributed by atoms with Crippen LogP contribution in [0.2, 0.25) is 0 Å². The van der Waals surface area contributed by atoms with Crippen LogP contribution in [0.25, 0.3) is 10.2 Å². The Labute approximate surface area is 183 Å². The number of fused-ring (bicyclic) bond motifs is 1. The number of anilines is 1. The molecule has 5 rings (SSSR count). The van der Waals surface area contributed by atoms with Gasteiger partial charge in [0, 0.05) is 43.0 Å². The zero-order valence-electron chi connectivity index (χ0n) is 17.7. The minimum atomic E-state index is -4.21.